The lowest BCUT2D eigenvalue weighted by Crippen LogP contribution is -2.55. The van der Waals surface area contributed by atoms with Gasteiger partial charge in [-0.2, -0.15) is 23.1 Å². The highest BCUT2D eigenvalue weighted by atomic mass is 127. The van der Waals surface area contributed by atoms with Crippen LogP contribution >= 0.6 is 34.2 Å². The summed E-state index contributed by atoms with van der Waals surface area (Å²) in [4.78, 5) is 31.7. The van der Waals surface area contributed by atoms with Crippen LogP contribution in [0.2, 0.25) is 5.02 Å². The highest BCUT2D eigenvalue weighted by molar-refractivity contribution is 14.1. The van der Waals surface area contributed by atoms with Crippen molar-refractivity contribution >= 4 is 66.4 Å². The smallest absolute Gasteiger partial charge is 0.418 e. The number of rotatable bonds is 8. The first-order valence-electron chi connectivity index (χ1n) is 17.1. The molecular formula is C35H40ClF5IN7O3. The Morgan fingerprint density at radius 3 is 2.60 bits per heavy atom. The van der Waals surface area contributed by atoms with Crippen molar-refractivity contribution in [1.82, 2.24) is 24.8 Å². The van der Waals surface area contributed by atoms with Gasteiger partial charge in [0.1, 0.15) is 29.9 Å². The molecule has 5 heterocycles. The molecule has 2 aromatic heterocycles. The van der Waals surface area contributed by atoms with Gasteiger partial charge in [-0.1, -0.05) is 25.1 Å². The monoisotopic (exact) mass is 863 g/mol. The summed E-state index contributed by atoms with van der Waals surface area (Å²) in [6.07, 6.45) is -4.42. The molecule has 3 atom stereocenters. The SMILES string of the molecule is C=C(I)c1c(Cl)c(-c2nc(N)cc(C)c2C(F)(F)F)c(F)c2nc(OC[C@@]34CCCN3C[C@H](F)C4)nc(N3CCN(C(=O)OC(C)C)C(CC)C3)c12. The number of hydrogen-bond donors (Lipinski definition) is 1. The van der Waals surface area contributed by atoms with Crippen molar-refractivity contribution in [3.05, 3.63) is 40.2 Å². The van der Waals surface area contributed by atoms with Crippen molar-refractivity contribution < 1.29 is 36.2 Å². The van der Waals surface area contributed by atoms with Gasteiger partial charge in [-0.3, -0.25) is 4.90 Å². The van der Waals surface area contributed by atoms with Crippen LogP contribution in [0.3, 0.4) is 0 Å². The second-order valence-electron chi connectivity index (χ2n) is 13.9. The number of aryl methyl sites for hydroxylation is 1. The molecule has 0 spiro atoms. The van der Waals surface area contributed by atoms with Crippen LogP contribution in [0, 0.1) is 12.7 Å². The predicted molar refractivity (Wildman–Crippen MR) is 198 cm³/mol. The van der Waals surface area contributed by atoms with Crippen molar-refractivity contribution in [3.8, 4) is 17.3 Å². The molecule has 0 bridgehead atoms. The Bertz CT molecular complexity index is 1920. The van der Waals surface area contributed by atoms with Crippen LogP contribution in [0.1, 0.15) is 63.1 Å². The van der Waals surface area contributed by atoms with Crippen LogP contribution in [0.5, 0.6) is 6.01 Å². The van der Waals surface area contributed by atoms with E-state index in [0.29, 0.717) is 19.4 Å². The van der Waals surface area contributed by atoms with Crippen molar-refractivity contribution in [1.29, 1.82) is 0 Å². The molecule has 10 nitrogen and oxygen atoms in total. The molecule has 0 saturated carbocycles. The molecule has 3 saturated heterocycles. The van der Waals surface area contributed by atoms with Crippen molar-refractivity contribution in [2.45, 2.75) is 83.4 Å². The third-order valence-electron chi connectivity index (χ3n) is 10.1. The zero-order valence-corrected chi connectivity index (χ0v) is 32.1. The fraction of sp³-hybridized carbons (Fsp3) is 0.543. The molecular weight excluding hydrogens is 824 g/mol. The average Bonchev–Trinajstić information content (AvgIpc) is 3.57. The van der Waals surface area contributed by atoms with Gasteiger partial charge in [0.2, 0.25) is 0 Å². The minimum atomic E-state index is -4.94. The van der Waals surface area contributed by atoms with Crippen LogP contribution in [0.15, 0.2) is 12.6 Å². The normalized spacial score (nSPS) is 22.4. The number of nitrogen functional groups attached to an aromatic ring is 1. The fourth-order valence-corrected chi connectivity index (χ4v) is 8.89. The number of carbonyl (C=O) groups is 1. The maximum atomic E-state index is 17.2. The minimum absolute atomic E-state index is 0.0207. The number of benzene rings is 1. The molecule has 1 unspecified atom stereocenters. The largest absolute Gasteiger partial charge is 0.461 e. The van der Waals surface area contributed by atoms with Crippen LogP contribution < -0.4 is 15.4 Å². The summed E-state index contributed by atoms with van der Waals surface area (Å²) in [5.74, 6) is -1.26. The van der Waals surface area contributed by atoms with Crippen LogP contribution in [0.4, 0.5) is 38.4 Å². The first-order valence-corrected chi connectivity index (χ1v) is 18.6. The van der Waals surface area contributed by atoms with Crippen molar-refractivity contribution in [2.24, 2.45) is 0 Å². The first-order chi connectivity index (χ1) is 24.5. The van der Waals surface area contributed by atoms with Crippen molar-refractivity contribution in [2.75, 3.05) is 50.0 Å². The van der Waals surface area contributed by atoms with Gasteiger partial charge < -0.3 is 25.0 Å². The summed E-state index contributed by atoms with van der Waals surface area (Å²) in [5, 5.41) is -0.275. The Morgan fingerprint density at radius 2 is 1.94 bits per heavy atom. The molecule has 52 heavy (non-hydrogen) atoms. The lowest BCUT2D eigenvalue weighted by atomic mass is 9.95. The van der Waals surface area contributed by atoms with Crippen LogP contribution in [-0.4, -0.2) is 94.0 Å². The average molecular weight is 864 g/mol. The van der Waals surface area contributed by atoms with Crippen LogP contribution in [0.25, 0.3) is 25.7 Å². The van der Waals surface area contributed by atoms with E-state index in [2.05, 4.69) is 16.5 Å². The van der Waals surface area contributed by atoms with E-state index in [1.807, 2.05) is 39.3 Å². The van der Waals surface area contributed by atoms with Gasteiger partial charge in [0, 0.05) is 41.7 Å². The Balaban J connectivity index is 1.56. The summed E-state index contributed by atoms with van der Waals surface area (Å²) in [6.45, 7) is 12.4. The molecule has 3 aliphatic rings. The number of piperazine rings is 1. The van der Waals surface area contributed by atoms with Gasteiger partial charge in [-0.25, -0.2) is 18.6 Å². The van der Waals surface area contributed by atoms with Gasteiger partial charge in [0.05, 0.1) is 44.9 Å². The van der Waals surface area contributed by atoms with Gasteiger partial charge in [0.15, 0.2) is 5.82 Å². The third-order valence-corrected chi connectivity index (χ3v) is 11.0. The van der Waals surface area contributed by atoms with E-state index in [9.17, 15) is 22.4 Å². The molecule has 1 aromatic carbocycles. The highest BCUT2D eigenvalue weighted by Gasteiger charge is 2.49. The number of alkyl halides is 4. The number of halogens is 7. The Morgan fingerprint density at radius 1 is 1.21 bits per heavy atom. The van der Waals surface area contributed by atoms with Gasteiger partial charge in [-0.05, 0) is 80.8 Å². The molecule has 3 aliphatic heterocycles. The van der Waals surface area contributed by atoms with E-state index in [4.69, 9.17) is 31.8 Å². The maximum Gasteiger partial charge on any atom is 0.418 e. The quantitative estimate of drug-likeness (QED) is 0.177. The number of amides is 1. The molecule has 0 radical (unpaired) electrons. The van der Waals surface area contributed by atoms with Gasteiger partial charge >= 0.3 is 18.3 Å². The number of fused-ring (bicyclic) bond motifs is 2. The number of ether oxygens (including phenoxy) is 2. The number of anilines is 2. The zero-order chi connectivity index (χ0) is 37.9. The molecule has 17 heteroatoms. The van der Waals surface area contributed by atoms with E-state index >= 15 is 4.39 Å². The zero-order valence-electron chi connectivity index (χ0n) is 29.2. The lowest BCUT2D eigenvalue weighted by Gasteiger charge is -2.41. The Kier molecular flexibility index (Phi) is 10.8. The van der Waals surface area contributed by atoms with E-state index in [1.165, 1.54) is 6.92 Å². The Hall–Kier alpha value is -3.25. The number of aromatic nitrogens is 3. The second-order valence-corrected chi connectivity index (χ2v) is 15.6. The number of hydrogen-bond acceptors (Lipinski definition) is 9. The van der Waals surface area contributed by atoms with E-state index < -0.39 is 46.6 Å². The second kappa shape index (κ2) is 14.5. The molecule has 0 aliphatic carbocycles. The van der Waals surface area contributed by atoms with E-state index in [1.54, 1.807) is 18.7 Å². The summed E-state index contributed by atoms with van der Waals surface area (Å²) >= 11 is 8.79. The number of pyridine rings is 1. The third kappa shape index (κ3) is 7.06. The van der Waals surface area contributed by atoms with Gasteiger partial charge in [-0.15, -0.1) is 0 Å². The van der Waals surface area contributed by atoms with Crippen molar-refractivity contribution in [3.63, 3.8) is 0 Å². The number of carbonyl (C=O) groups excluding carboxylic acids is 1. The first kappa shape index (κ1) is 38.5. The van der Waals surface area contributed by atoms with E-state index in [0.717, 1.165) is 12.5 Å². The molecule has 2 N–H and O–H groups in total. The summed E-state index contributed by atoms with van der Waals surface area (Å²) in [6, 6.07) is 0.478. The highest BCUT2D eigenvalue weighted by Crippen LogP contribution is 2.49. The number of nitrogens with two attached hydrogens (primary N) is 1. The fourth-order valence-electron chi connectivity index (χ4n) is 7.81. The van der Waals surface area contributed by atoms with Crippen LogP contribution in [-0.2, 0) is 10.9 Å². The number of nitrogens with zero attached hydrogens (tertiary/aromatic N) is 6. The Labute approximate surface area is 317 Å². The summed E-state index contributed by atoms with van der Waals surface area (Å²) in [7, 11) is 0. The lowest BCUT2D eigenvalue weighted by molar-refractivity contribution is -0.137. The minimum Gasteiger partial charge on any atom is -0.461 e. The molecule has 6 rings (SSSR count). The molecule has 3 aromatic rings. The van der Waals surface area contributed by atoms with E-state index in [-0.39, 0.29) is 99.6 Å². The predicted octanol–water partition coefficient (Wildman–Crippen LogP) is 8.20. The summed E-state index contributed by atoms with van der Waals surface area (Å²) < 4.78 is 87.4. The van der Waals surface area contributed by atoms with Gasteiger partial charge in [0.25, 0.3) is 0 Å². The standard InChI is InChI=1S/C35H40ClF5IN7O3/c1-6-21-15-47(10-11-49(21)33(50)52-17(2)3)31-24-23(19(5)42)27(36)25(29-26(35(39,40)41)18(4)12-22(43)44-29)28(38)30(24)45-32(46-31)51-16-34-8-7-9-48(34)14-20(37)13-34/h12,17,20-21H,5-11,13-16H2,1-4H3,(H2,43,44)/t20-,21?,34+/m1/s1. The summed E-state index contributed by atoms with van der Waals surface area (Å²) in [5.41, 5.74) is 2.16. The maximum absolute atomic E-state index is 17.2. The molecule has 282 valence electrons. The topological polar surface area (TPSA) is 110 Å². The molecule has 3 fully saturated rings. The molecule has 1 amide bonds.